The van der Waals surface area contributed by atoms with Gasteiger partial charge in [-0.25, -0.2) is 14.4 Å². The molecule has 5 nitrogen and oxygen atoms in total. The third kappa shape index (κ3) is 3.01. The summed E-state index contributed by atoms with van der Waals surface area (Å²) in [6.07, 6.45) is 1.47. The van der Waals surface area contributed by atoms with Gasteiger partial charge < -0.3 is 15.8 Å². The van der Waals surface area contributed by atoms with Crippen molar-refractivity contribution in [1.82, 2.24) is 9.97 Å². The lowest BCUT2D eigenvalue weighted by molar-refractivity contribution is 0.342. The average molecular weight is 312 g/mol. The molecule has 0 bridgehead atoms. The molecule has 0 radical (unpaired) electrons. The minimum Gasteiger partial charge on any atom is -0.492 e. The lowest BCUT2D eigenvalue weighted by Gasteiger charge is -2.12. The first-order valence-electron chi connectivity index (χ1n) is 7.28. The fraction of sp³-hybridized carbons (Fsp3) is 0.176. The van der Waals surface area contributed by atoms with Crippen molar-refractivity contribution < 1.29 is 9.13 Å². The molecule has 3 N–H and O–H groups in total. The highest BCUT2D eigenvalue weighted by atomic mass is 19.1. The van der Waals surface area contributed by atoms with Crippen molar-refractivity contribution >= 4 is 28.1 Å². The number of hydrogen-bond acceptors (Lipinski definition) is 5. The van der Waals surface area contributed by atoms with Crippen LogP contribution in [0.1, 0.15) is 12.5 Å². The van der Waals surface area contributed by atoms with E-state index in [1.807, 2.05) is 6.92 Å². The van der Waals surface area contributed by atoms with Crippen LogP contribution in [0.25, 0.3) is 10.9 Å². The van der Waals surface area contributed by atoms with Crippen molar-refractivity contribution in [1.29, 1.82) is 0 Å². The van der Waals surface area contributed by atoms with Gasteiger partial charge in [0.15, 0.2) is 0 Å². The summed E-state index contributed by atoms with van der Waals surface area (Å²) in [6.45, 7) is 4.14. The highest BCUT2D eigenvalue weighted by Gasteiger charge is 2.09. The Balaban J connectivity index is 2.03. The van der Waals surface area contributed by atoms with E-state index in [0.29, 0.717) is 29.4 Å². The number of anilines is 3. The molecule has 3 rings (SSSR count). The summed E-state index contributed by atoms with van der Waals surface area (Å²) >= 11 is 0. The smallest absolute Gasteiger partial charge is 0.144 e. The number of aromatic nitrogens is 2. The van der Waals surface area contributed by atoms with Gasteiger partial charge in [0.25, 0.3) is 0 Å². The average Bonchev–Trinajstić information content (AvgIpc) is 2.53. The molecule has 3 aromatic rings. The highest BCUT2D eigenvalue weighted by molar-refractivity contribution is 5.94. The van der Waals surface area contributed by atoms with E-state index in [0.717, 1.165) is 16.6 Å². The van der Waals surface area contributed by atoms with E-state index < -0.39 is 0 Å². The van der Waals surface area contributed by atoms with Gasteiger partial charge in [0.05, 0.1) is 17.8 Å². The predicted octanol–water partition coefficient (Wildman–Crippen LogP) is 3.80. The Hall–Kier alpha value is -2.89. The van der Waals surface area contributed by atoms with Crippen molar-refractivity contribution in [3.63, 3.8) is 0 Å². The quantitative estimate of drug-likeness (QED) is 0.717. The second-order valence-electron chi connectivity index (χ2n) is 5.15. The number of hydrogen-bond donors (Lipinski definition) is 2. The molecule has 0 aliphatic heterocycles. The van der Waals surface area contributed by atoms with Gasteiger partial charge >= 0.3 is 0 Å². The monoisotopic (exact) mass is 312 g/mol. The van der Waals surface area contributed by atoms with Crippen LogP contribution in [0.4, 0.5) is 21.6 Å². The zero-order valence-corrected chi connectivity index (χ0v) is 12.9. The summed E-state index contributed by atoms with van der Waals surface area (Å²) in [5, 5.41) is 3.95. The molecule has 0 unspecified atom stereocenters. The number of nitrogens with one attached hydrogen (secondary N) is 1. The summed E-state index contributed by atoms with van der Waals surface area (Å²) in [5.41, 5.74) is 8.57. The van der Waals surface area contributed by atoms with Crippen LogP contribution >= 0.6 is 0 Å². The molecule has 0 aliphatic rings. The third-order valence-electron chi connectivity index (χ3n) is 3.49. The molecule has 0 saturated heterocycles. The van der Waals surface area contributed by atoms with Crippen molar-refractivity contribution in [2.75, 3.05) is 17.7 Å². The maximum Gasteiger partial charge on any atom is 0.144 e. The molecule has 118 valence electrons. The summed E-state index contributed by atoms with van der Waals surface area (Å²) in [5.74, 6) is 0.965. The van der Waals surface area contributed by atoms with E-state index in [2.05, 4.69) is 15.3 Å². The summed E-state index contributed by atoms with van der Waals surface area (Å²) < 4.78 is 18.9. The second-order valence-corrected chi connectivity index (χ2v) is 5.15. The standard InChI is InChI=1S/C17H17FN4O/c1-3-23-16-8-15-12(7-14(16)19)17(21-9-20-15)22-11-4-5-13(18)10(2)6-11/h4-9H,3,19H2,1-2H3,(H,20,21,22). The number of rotatable bonds is 4. The molecule has 0 saturated carbocycles. The normalized spacial score (nSPS) is 10.7. The Bertz CT molecular complexity index is 867. The van der Waals surface area contributed by atoms with Crippen LogP contribution in [-0.2, 0) is 0 Å². The summed E-state index contributed by atoms with van der Waals surface area (Å²) in [4.78, 5) is 8.51. The molecular formula is C17H17FN4O. The fourth-order valence-corrected chi connectivity index (χ4v) is 2.34. The fourth-order valence-electron chi connectivity index (χ4n) is 2.34. The van der Waals surface area contributed by atoms with Gasteiger partial charge in [0.2, 0.25) is 0 Å². The Morgan fingerprint density at radius 1 is 1.22 bits per heavy atom. The topological polar surface area (TPSA) is 73.1 Å². The van der Waals surface area contributed by atoms with E-state index in [1.54, 1.807) is 31.2 Å². The van der Waals surface area contributed by atoms with Gasteiger partial charge in [-0.2, -0.15) is 0 Å². The molecule has 1 heterocycles. The molecule has 1 aromatic heterocycles. The lowest BCUT2D eigenvalue weighted by atomic mass is 10.1. The number of ether oxygens (including phenoxy) is 1. The Morgan fingerprint density at radius 3 is 2.78 bits per heavy atom. The molecule has 0 aliphatic carbocycles. The third-order valence-corrected chi connectivity index (χ3v) is 3.49. The first kappa shape index (κ1) is 15.0. The van der Waals surface area contributed by atoms with E-state index in [-0.39, 0.29) is 5.82 Å². The van der Waals surface area contributed by atoms with Gasteiger partial charge in [-0.05, 0) is 43.7 Å². The van der Waals surface area contributed by atoms with Crippen molar-refractivity contribution in [2.45, 2.75) is 13.8 Å². The molecule has 0 spiro atoms. The predicted molar refractivity (Wildman–Crippen MR) is 89.5 cm³/mol. The van der Waals surface area contributed by atoms with Crippen LogP contribution < -0.4 is 15.8 Å². The van der Waals surface area contributed by atoms with Crippen LogP contribution in [0.15, 0.2) is 36.7 Å². The first-order valence-corrected chi connectivity index (χ1v) is 7.28. The minimum atomic E-state index is -0.242. The van der Waals surface area contributed by atoms with Crippen LogP contribution in [-0.4, -0.2) is 16.6 Å². The van der Waals surface area contributed by atoms with Gasteiger partial charge in [-0.1, -0.05) is 0 Å². The van der Waals surface area contributed by atoms with Crippen LogP contribution in [0, 0.1) is 12.7 Å². The number of nitrogens with zero attached hydrogens (tertiary/aromatic N) is 2. The number of nitrogens with two attached hydrogens (primary N) is 1. The van der Waals surface area contributed by atoms with E-state index in [4.69, 9.17) is 10.5 Å². The SMILES string of the molecule is CCOc1cc2ncnc(Nc3ccc(F)c(C)c3)c2cc1N. The molecule has 23 heavy (non-hydrogen) atoms. The largest absolute Gasteiger partial charge is 0.492 e. The number of aryl methyl sites for hydroxylation is 1. The van der Waals surface area contributed by atoms with Crippen LogP contribution in [0.5, 0.6) is 5.75 Å². The zero-order valence-electron chi connectivity index (χ0n) is 12.9. The zero-order chi connectivity index (χ0) is 16.4. The number of fused-ring (bicyclic) bond motifs is 1. The Kier molecular flexibility index (Phi) is 3.97. The van der Waals surface area contributed by atoms with Crippen molar-refractivity contribution in [3.05, 3.63) is 48.0 Å². The summed E-state index contributed by atoms with van der Waals surface area (Å²) in [6, 6.07) is 8.37. The highest BCUT2D eigenvalue weighted by Crippen LogP contribution is 2.31. The van der Waals surface area contributed by atoms with E-state index in [1.165, 1.54) is 12.4 Å². The molecule has 2 aromatic carbocycles. The lowest BCUT2D eigenvalue weighted by Crippen LogP contribution is -2.00. The number of benzene rings is 2. The summed E-state index contributed by atoms with van der Waals surface area (Å²) in [7, 11) is 0. The molecule has 0 atom stereocenters. The Morgan fingerprint density at radius 2 is 2.04 bits per heavy atom. The van der Waals surface area contributed by atoms with Crippen LogP contribution in [0.2, 0.25) is 0 Å². The van der Waals surface area contributed by atoms with E-state index in [9.17, 15) is 4.39 Å². The van der Waals surface area contributed by atoms with Crippen LogP contribution in [0.3, 0.4) is 0 Å². The van der Waals surface area contributed by atoms with Gasteiger partial charge in [0.1, 0.15) is 23.7 Å². The number of nitrogen functional groups attached to an aromatic ring is 1. The first-order chi connectivity index (χ1) is 11.1. The molecule has 6 heteroatoms. The van der Waals surface area contributed by atoms with Gasteiger partial charge in [-0.15, -0.1) is 0 Å². The van der Waals surface area contributed by atoms with Gasteiger partial charge in [0, 0.05) is 17.1 Å². The number of halogens is 1. The molecule has 0 fully saturated rings. The minimum absolute atomic E-state index is 0.242. The van der Waals surface area contributed by atoms with E-state index >= 15 is 0 Å². The maximum atomic E-state index is 13.4. The second kappa shape index (κ2) is 6.08. The van der Waals surface area contributed by atoms with Gasteiger partial charge in [-0.3, -0.25) is 0 Å². The molecule has 0 amide bonds. The van der Waals surface area contributed by atoms with Crippen molar-refractivity contribution in [3.8, 4) is 5.75 Å². The molecular weight excluding hydrogens is 295 g/mol. The maximum absolute atomic E-state index is 13.4. The Labute approximate surface area is 133 Å². The van der Waals surface area contributed by atoms with Crippen molar-refractivity contribution in [2.24, 2.45) is 0 Å².